The monoisotopic (exact) mass is 289 g/mol. The zero-order chi connectivity index (χ0) is 14.2. The third-order valence-electron chi connectivity index (χ3n) is 3.36. The molecule has 0 fully saturated rings. The fraction of sp³-hybridized carbons (Fsp3) is 0.353. The molecule has 0 saturated carbocycles. The van der Waals surface area contributed by atoms with Gasteiger partial charge in [0.25, 0.3) is 0 Å². The molecule has 0 radical (unpaired) electrons. The number of hydrogen-bond acceptors (Lipinski definition) is 1. The Balaban J connectivity index is 1.90. The first-order valence-electron chi connectivity index (χ1n) is 7.10. The highest BCUT2D eigenvalue weighted by molar-refractivity contribution is 6.17. The highest BCUT2D eigenvalue weighted by Gasteiger charge is 2.06. The largest absolute Gasteiger partial charge is 0.356 e. The van der Waals surface area contributed by atoms with Gasteiger partial charge in [-0.2, -0.15) is 0 Å². The first-order chi connectivity index (χ1) is 9.81. The standard InChI is InChI=1S/C17H20ClNO/c18-11-4-1-5-12-19-17(20)13-15-9-6-8-14-7-2-3-10-16(14)15/h2-3,6-10H,1,4-5,11-13H2,(H,19,20). The molecule has 1 N–H and O–H groups in total. The molecule has 20 heavy (non-hydrogen) atoms. The minimum absolute atomic E-state index is 0.0900. The Morgan fingerprint density at radius 1 is 1.00 bits per heavy atom. The van der Waals surface area contributed by atoms with Crippen LogP contribution in [0.5, 0.6) is 0 Å². The van der Waals surface area contributed by atoms with E-state index in [1.54, 1.807) is 0 Å². The van der Waals surface area contributed by atoms with Gasteiger partial charge in [0.15, 0.2) is 0 Å². The lowest BCUT2D eigenvalue weighted by Crippen LogP contribution is -2.26. The van der Waals surface area contributed by atoms with Gasteiger partial charge >= 0.3 is 0 Å². The molecule has 0 bridgehead atoms. The molecule has 0 unspecified atom stereocenters. The molecule has 2 aromatic carbocycles. The molecule has 0 aliphatic carbocycles. The summed E-state index contributed by atoms with van der Waals surface area (Å²) in [4.78, 5) is 12.0. The Morgan fingerprint density at radius 3 is 2.65 bits per heavy atom. The van der Waals surface area contributed by atoms with Gasteiger partial charge < -0.3 is 5.32 Å². The number of nitrogens with one attached hydrogen (secondary N) is 1. The van der Waals surface area contributed by atoms with E-state index in [9.17, 15) is 4.79 Å². The number of carbonyl (C=O) groups is 1. The van der Waals surface area contributed by atoms with Crippen molar-refractivity contribution in [2.45, 2.75) is 25.7 Å². The van der Waals surface area contributed by atoms with Gasteiger partial charge in [0.05, 0.1) is 6.42 Å². The van der Waals surface area contributed by atoms with Gasteiger partial charge in [-0.25, -0.2) is 0 Å². The number of unbranched alkanes of at least 4 members (excludes halogenated alkanes) is 2. The van der Waals surface area contributed by atoms with Gasteiger partial charge in [-0.1, -0.05) is 48.9 Å². The lowest BCUT2D eigenvalue weighted by Gasteiger charge is -2.07. The minimum atomic E-state index is 0.0900. The molecule has 0 atom stereocenters. The van der Waals surface area contributed by atoms with Gasteiger partial charge in [0, 0.05) is 12.4 Å². The Morgan fingerprint density at radius 2 is 1.80 bits per heavy atom. The number of halogens is 1. The Hall–Kier alpha value is -1.54. The summed E-state index contributed by atoms with van der Waals surface area (Å²) in [5.74, 6) is 0.788. The van der Waals surface area contributed by atoms with E-state index >= 15 is 0 Å². The van der Waals surface area contributed by atoms with Crippen LogP contribution in [0.25, 0.3) is 10.8 Å². The maximum Gasteiger partial charge on any atom is 0.224 e. The number of hydrogen-bond donors (Lipinski definition) is 1. The SMILES string of the molecule is O=C(Cc1cccc2ccccc12)NCCCCCCl. The van der Waals surface area contributed by atoms with Crippen molar-refractivity contribution in [2.75, 3.05) is 12.4 Å². The van der Waals surface area contributed by atoms with Crippen LogP contribution in [0.4, 0.5) is 0 Å². The quantitative estimate of drug-likeness (QED) is 0.608. The summed E-state index contributed by atoms with van der Waals surface area (Å²) in [6, 6.07) is 14.3. The summed E-state index contributed by atoms with van der Waals surface area (Å²) >= 11 is 5.62. The van der Waals surface area contributed by atoms with E-state index in [4.69, 9.17) is 11.6 Å². The van der Waals surface area contributed by atoms with E-state index in [2.05, 4.69) is 23.5 Å². The van der Waals surface area contributed by atoms with Crippen LogP contribution >= 0.6 is 11.6 Å². The third kappa shape index (κ3) is 4.24. The van der Waals surface area contributed by atoms with Crippen LogP contribution in [-0.2, 0) is 11.2 Å². The molecule has 0 heterocycles. The molecular formula is C17H20ClNO. The van der Waals surface area contributed by atoms with Gasteiger partial charge in [-0.15, -0.1) is 11.6 Å². The summed E-state index contributed by atoms with van der Waals surface area (Å²) in [5.41, 5.74) is 1.08. The summed E-state index contributed by atoms with van der Waals surface area (Å²) in [6.07, 6.45) is 3.52. The third-order valence-corrected chi connectivity index (χ3v) is 3.63. The second kappa shape index (κ2) is 7.91. The fourth-order valence-corrected chi connectivity index (χ4v) is 2.50. The van der Waals surface area contributed by atoms with E-state index in [0.29, 0.717) is 12.3 Å². The van der Waals surface area contributed by atoms with Crippen LogP contribution in [0.2, 0.25) is 0 Å². The van der Waals surface area contributed by atoms with E-state index < -0.39 is 0 Å². The maximum absolute atomic E-state index is 12.0. The number of benzene rings is 2. The first-order valence-corrected chi connectivity index (χ1v) is 7.64. The van der Waals surface area contributed by atoms with Gasteiger partial charge in [0.1, 0.15) is 0 Å². The predicted molar refractivity (Wildman–Crippen MR) is 85.2 cm³/mol. The Bertz CT molecular complexity index is 562. The summed E-state index contributed by atoms with van der Waals surface area (Å²) in [7, 11) is 0. The first kappa shape index (κ1) is 14.9. The van der Waals surface area contributed by atoms with Crippen LogP contribution < -0.4 is 5.32 Å². The number of carbonyl (C=O) groups excluding carboxylic acids is 1. The van der Waals surface area contributed by atoms with Gasteiger partial charge in [-0.3, -0.25) is 4.79 Å². The molecule has 3 heteroatoms. The molecular weight excluding hydrogens is 270 g/mol. The van der Waals surface area contributed by atoms with Crippen LogP contribution in [0.1, 0.15) is 24.8 Å². The summed E-state index contributed by atoms with van der Waals surface area (Å²) < 4.78 is 0. The molecule has 0 spiro atoms. The van der Waals surface area contributed by atoms with E-state index in [1.165, 1.54) is 5.39 Å². The molecule has 0 aliphatic rings. The Kier molecular flexibility index (Phi) is 5.87. The average Bonchev–Trinajstić information content (AvgIpc) is 2.47. The summed E-state index contributed by atoms with van der Waals surface area (Å²) in [5, 5.41) is 5.31. The molecule has 2 rings (SSSR count). The van der Waals surface area contributed by atoms with Gasteiger partial charge in [0.2, 0.25) is 5.91 Å². The molecule has 0 aromatic heterocycles. The smallest absolute Gasteiger partial charge is 0.224 e. The normalized spacial score (nSPS) is 10.7. The van der Waals surface area contributed by atoms with Crippen LogP contribution in [0.3, 0.4) is 0 Å². The number of fused-ring (bicyclic) bond motifs is 1. The van der Waals surface area contributed by atoms with Crippen LogP contribution in [0, 0.1) is 0 Å². The number of alkyl halides is 1. The van der Waals surface area contributed by atoms with Crippen LogP contribution in [0.15, 0.2) is 42.5 Å². The lowest BCUT2D eigenvalue weighted by atomic mass is 10.0. The zero-order valence-electron chi connectivity index (χ0n) is 11.6. The van der Waals surface area contributed by atoms with Crippen molar-refractivity contribution in [3.8, 4) is 0 Å². The molecule has 0 saturated heterocycles. The van der Waals surface area contributed by atoms with Crippen molar-refractivity contribution in [1.82, 2.24) is 5.32 Å². The zero-order valence-corrected chi connectivity index (χ0v) is 12.3. The highest BCUT2D eigenvalue weighted by Crippen LogP contribution is 2.18. The predicted octanol–water partition coefficient (Wildman–Crippen LogP) is 3.91. The molecule has 0 aliphatic heterocycles. The van der Waals surface area contributed by atoms with Crippen molar-refractivity contribution < 1.29 is 4.79 Å². The molecule has 1 amide bonds. The maximum atomic E-state index is 12.0. The van der Waals surface area contributed by atoms with E-state index in [0.717, 1.165) is 36.8 Å². The van der Waals surface area contributed by atoms with Crippen LogP contribution in [-0.4, -0.2) is 18.3 Å². The summed E-state index contributed by atoms with van der Waals surface area (Å²) in [6.45, 7) is 0.737. The second-order valence-corrected chi connectivity index (χ2v) is 5.29. The second-order valence-electron chi connectivity index (χ2n) is 4.91. The lowest BCUT2D eigenvalue weighted by molar-refractivity contribution is -0.120. The van der Waals surface area contributed by atoms with Crippen molar-refractivity contribution >= 4 is 28.3 Å². The van der Waals surface area contributed by atoms with E-state index in [1.807, 2.05) is 24.3 Å². The van der Waals surface area contributed by atoms with Crippen molar-refractivity contribution in [3.05, 3.63) is 48.0 Å². The highest BCUT2D eigenvalue weighted by atomic mass is 35.5. The molecule has 2 aromatic rings. The molecule has 2 nitrogen and oxygen atoms in total. The van der Waals surface area contributed by atoms with E-state index in [-0.39, 0.29) is 5.91 Å². The minimum Gasteiger partial charge on any atom is -0.356 e. The topological polar surface area (TPSA) is 29.1 Å². The van der Waals surface area contributed by atoms with Crippen molar-refractivity contribution in [3.63, 3.8) is 0 Å². The van der Waals surface area contributed by atoms with Crippen molar-refractivity contribution in [2.24, 2.45) is 0 Å². The fourth-order valence-electron chi connectivity index (χ4n) is 2.31. The number of rotatable bonds is 7. The van der Waals surface area contributed by atoms with Crippen molar-refractivity contribution in [1.29, 1.82) is 0 Å². The van der Waals surface area contributed by atoms with Gasteiger partial charge in [-0.05, 0) is 29.2 Å². The number of amides is 1. The molecule has 106 valence electrons. The average molecular weight is 290 g/mol. The Labute approximate surface area is 125 Å².